The first-order valence-electron chi connectivity index (χ1n) is 11.3. The Morgan fingerprint density at radius 2 is 1.71 bits per heavy atom. The van der Waals surface area contributed by atoms with E-state index in [1.807, 2.05) is 35.2 Å². The molecule has 0 bridgehead atoms. The number of carbonyl (C=O) groups is 1. The van der Waals surface area contributed by atoms with Gasteiger partial charge in [-0.25, -0.2) is 8.42 Å². The smallest absolute Gasteiger partial charge is 0.237 e. The van der Waals surface area contributed by atoms with E-state index in [9.17, 15) is 13.2 Å². The summed E-state index contributed by atoms with van der Waals surface area (Å²) >= 11 is 0. The first kappa shape index (κ1) is 22.1. The quantitative estimate of drug-likeness (QED) is 0.622. The number of hydrogen-bond acceptors (Lipinski definition) is 5. The summed E-state index contributed by atoms with van der Waals surface area (Å²) in [7, 11) is -3.05. The van der Waals surface area contributed by atoms with Gasteiger partial charge in [-0.2, -0.15) is 0 Å². The molecule has 0 spiro atoms. The van der Waals surface area contributed by atoms with Crippen LogP contribution in [-0.4, -0.2) is 54.3 Å². The molecule has 31 heavy (non-hydrogen) atoms. The Kier molecular flexibility index (Phi) is 7.13. The van der Waals surface area contributed by atoms with Gasteiger partial charge >= 0.3 is 0 Å². The van der Waals surface area contributed by atoms with E-state index in [0.29, 0.717) is 19.5 Å². The zero-order valence-corrected chi connectivity index (χ0v) is 18.8. The van der Waals surface area contributed by atoms with Gasteiger partial charge in [0.2, 0.25) is 5.91 Å². The minimum absolute atomic E-state index is 0.0384. The number of hydrogen-bond donors (Lipinski definition) is 0. The van der Waals surface area contributed by atoms with Crippen molar-refractivity contribution in [3.63, 3.8) is 0 Å². The van der Waals surface area contributed by atoms with Crippen LogP contribution >= 0.6 is 0 Å². The standard InChI is InChI=1S/C24H32N2O4S/c27-24(26(21-10-5-2-6-11-21)22-13-15-31(28,29)19-22)18-25(17-23-12-7-14-30-23)16-20-8-3-1-4-9-20/h1,3-4,7-9,12,14,21-22H,2,5-6,10-11,13,15-19H2. The maximum atomic E-state index is 13.6. The van der Waals surface area contributed by atoms with Crippen molar-refractivity contribution in [1.82, 2.24) is 9.80 Å². The largest absolute Gasteiger partial charge is 0.468 e. The molecule has 2 heterocycles. The van der Waals surface area contributed by atoms with Crippen molar-refractivity contribution in [2.45, 2.75) is 63.7 Å². The van der Waals surface area contributed by atoms with Crippen LogP contribution in [0.5, 0.6) is 0 Å². The minimum atomic E-state index is -3.05. The third kappa shape index (κ3) is 5.98. The normalized spacial score (nSPS) is 21.4. The number of rotatable bonds is 8. The summed E-state index contributed by atoms with van der Waals surface area (Å²) in [6.45, 7) is 1.42. The second-order valence-electron chi connectivity index (χ2n) is 8.86. The Bertz CT molecular complexity index is 937. The predicted octanol–water partition coefficient (Wildman–Crippen LogP) is 3.63. The third-order valence-electron chi connectivity index (χ3n) is 6.43. The number of carbonyl (C=O) groups excluding carboxylic acids is 1. The van der Waals surface area contributed by atoms with E-state index >= 15 is 0 Å². The van der Waals surface area contributed by atoms with Gasteiger partial charge < -0.3 is 9.32 Å². The highest BCUT2D eigenvalue weighted by Crippen LogP contribution is 2.29. The molecule has 1 atom stereocenters. The van der Waals surface area contributed by atoms with Crippen LogP contribution in [0.1, 0.15) is 49.8 Å². The van der Waals surface area contributed by atoms with E-state index in [0.717, 1.165) is 37.0 Å². The van der Waals surface area contributed by atoms with Gasteiger partial charge in [0.05, 0.1) is 30.9 Å². The molecule has 1 unspecified atom stereocenters. The van der Waals surface area contributed by atoms with Gasteiger partial charge in [-0.1, -0.05) is 49.6 Å². The summed E-state index contributed by atoms with van der Waals surface area (Å²) in [5.41, 5.74) is 1.13. The highest BCUT2D eigenvalue weighted by atomic mass is 32.2. The van der Waals surface area contributed by atoms with Crippen LogP contribution in [0.25, 0.3) is 0 Å². The number of furan rings is 1. The van der Waals surface area contributed by atoms with Crippen molar-refractivity contribution in [2.75, 3.05) is 18.1 Å². The molecular weight excluding hydrogens is 412 g/mol. The van der Waals surface area contributed by atoms with Gasteiger partial charge in [0.15, 0.2) is 9.84 Å². The van der Waals surface area contributed by atoms with Crippen molar-refractivity contribution in [3.8, 4) is 0 Å². The summed E-state index contributed by atoms with van der Waals surface area (Å²) in [4.78, 5) is 17.7. The number of amides is 1. The van der Waals surface area contributed by atoms with E-state index in [2.05, 4.69) is 17.0 Å². The molecule has 1 aromatic carbocycles. The number of benzene rings is 1. The SMILES string of the molecule is O=C(CN(Cc1ccccc1)Cc1ccco1)N(C1CCCCC1)C1CCS(=O)(=O)C1. The highest BCUT2D eigenvalue weighted by molar-refractivity contribution is 7.91. The summed E-state index contributed by atoms with van der Waals surface area (Å²) in [5, 5.41) is 0. The second kappa shape index (κ2) is 10.0. The molecule has 1 aromatic heterocycles. The van der Waals surface area contributed by atoms with Crippen LogP contribution in [-0.2, 0) is 27.7 Å². The van der Waals surface area contributed by atoms with Crippen molar-refractivity contribution >= 4 is 15.7 Å². The molecule has 2 aliphatic rings. The molecule has 1 saturated carbocycles. The predicted molar refractivity (Wildman–Crippen MR) is 120 cm³/mol. The summed E-state index contributed by atoms with van der Waals surface area (Å²) in [6, 6.07) is 13.8. The molecule has 1 saturated heterocycles. The number of nitrogens with zero attached hydrogens (tertiary/aromatic N) is 2. The molecule has 6 nitrogen and oxygen atoms in total. The fourth-order valence-corrected chi connectivity index (χ4v) is 6.68. The van der Waals surface area contributed by atoms with Crippen molar-refractivity contribution in [1.29, 1.82) is 0 Å². The van der Waals surface area contributed by atoms with Crippen molar-refractivity contribution < 1.29 is 17.6 Å². The average molecular weight is 445 g/mol. The monoisotopic (exact) mass is 444 g/mol. The van der Waals surface area contributed by atoms with Crippen LogP contribution < -0.4 is 0 Å². The van der Waals surface area contributed by atoms with E-state index in [1.165, 1.54) is 6.42 Å². The molecule has 1 aliphatic heterocycles. The second-order valence-corrected chi connectivity index (χ2v) is 11.1. The lowest BCUT2D eigenvalue weighted by atomic mass is 9.92. The molecule has 2 aromatic rings. The van der Waals surface area contributed by atoms with Crippen LogP contribution in [0.3, 0.4) is 0 Å². The lowest BCUT2D eigenvalue weighted by Crippen LogP contribution is -2.51. The minimum Gasteiger partial charge on any atom is -0.468 e. The topological polar surface area (TPSA) is 70.8 Å². The van der Waals surface area contributed by atoms with Crippen molar-refractivity contribution in [3.05, 3.63) is 60.1 Å². The molecular formula is C24H32N2O4S. The lowest BCUT2D eigenvalue weighted by molar-refractivity contribution is -0.138. The first-order chi connectivity index (χ1) is 15.0. The maximum Gasteiger partial charge on any atom is 0.237 e. The van der Waals surface area contributed by atoms with Gasteiger partial charge in [0.1, 0.15) is 5.76 Å². The van der Waals surface area contributed by atoms with Crippen molar-refractivity contribution in [2.24, 2.45) is 0 Å². The van der Waals surface area contributed by atoms with Gasteiger partial charge in [-0.3, -0.25) is 9.69 Å². The molecule has 0 N–H and O–H groups in total. The van der Waals surface area contributed by atoms with E-state index in [4.69, 9.17) is 4.42 Å². The summed E-state index contributed by atoms with van der Waals surface area (Å²) < 4.78 is 29.9. The molecule has 1 amide bonds. The Hall–Kier alpha value is -2.12. The molecule has 1 aliphatic carbocycles. The highest BCUT2D eigenvalue weighted by Gasteiger charge is 2.38. The van der Waals surface area contributed by atoms with Crippen LogP contribution in [0, 0.1) is 0 Å². The van der Waals surface area contributed by atoms with E-state index in [1.54, 1.807) is 6.26 Å². The van der Waals surface area contributed by atoms with Gasteiger partial charge in [0, 0.05) is 18.6 Å². The average Bonchev–Trinajstić information content (AvgIpc) is 3.39. The Balaban J connectivity index is 1.52. The zero-order valence-electron chi connectivity index (χ0n) is 18.0. The van der Waals surface area contributed by atoms with Crippen LogP contribution in [0.4, 0.5) is 0 Å². The summed E-state index contributed by atoms with van der Waals surface area (Å²) in [6.07, 6.45) is 7.55. The summed E-state index contributed by atoms with van der Waals surface area (Å²) in [5.74, 6) is 1.15. The van der Waals surface area contributed by atoms with Gasteiger partial charge in [-0.15, -0.1) is 0 Å². The van der Waals surface area contributed by atoms with Gasteiger partial charge in [-0.05, 0) is 37.0 Å². The Labute approximate surface area is 185 Å². The van der Waals surface area contributed by atoms with Crippen LogP contribution in [0.2, 0.25) is 0 Å². The lowest BCUT2D eigenvalue weighted by Gasteiger charge is -2.39. The molecule has 2 fully saturated rings. The zero-order chi connectivity index (χ0) is 21.7. The van der Waals surface area contributed by atoms with E-state index in [-0.39, 0.29) is 36.0 Å². The fraction of sp³-hybridized carbons (Fsp3) is 0.542. The van der Waals surface area contributed by atoms with Crippen LogP contribution in [0.15, 0.2) is 53.1 Å². The van der Waals surface area contributed by atoms with Gasteiger partial charge in [0.25, 0.3) is 0 Å². The Morgan fingerprint density at radius 3 is 2.35 bits per heavy atom. The molecule has 4 rings (SSSR count). The third-order valence-corrected chi connectivity index (χ3v) is 8.18. The molecule has 168 valence electrons. The Morgan fingerprint density at radius 1 is 0.935 bits per heavy atom. The fourth-order valence-electron chi connectivity index (χ4n) is 4.96. The first-order valence-corrected chi connectivity index (χ1v) is 13.1. The maximum absolute atomic E-state index is 13.6. The molecule has 7 heteroatoms. The molecule has 0 radical (unpaired) electrons. The number of sulfone groups is 1. The van der Waals surface area contributed by atoms with E-state index < -0.39 is 9.84 Å².